The highest BCUT2D eigenvalue weighted by Crippen LogP contribution is 2.03. The highest BCUT2D eigenvalue weighted by molar-refractivity contribution is 7.80. The molecule has 70 valence electrons. The van der Waals surface area contributed by atoms with Gasteiger partial charge in [-0.25, -0.2) is 0 Å². The smallest absolute Gasteiger partial charge is 0.200 e. The largest absolute Gasteiger partial charge is 0.279 e. The van der Waals surface area contributed by atoms with E-state index in [1.165, 1.54) is 0 Å². The van der Waals surface area contributed by atoms with Crippen LogP contribution in [0.4, 0.5) is 0 Å². The van der Waals surface area contributed by atoms with Crippen LogP contribution in [0.25, 0.3) is 0 Å². The van der Waals surface area contributed by atoms with E-state index in [4.69, 9.17) is 12.2 Å². The van der Waals surface area contributed by atoms with Gasteiger partial charge in [0.05, 0.1) is 0 Å². The molecule has 0 aromatic heterocycles. The summed E-state index contributed by atoms with van der Waals surface area (Å²) in [5, 5.41) is 4.59. The number of rotatable bonds is 3. The van der Waals surface area contributed by atoms with Crippen LogP contribution >= 0.6 is 12.2 Å². The Morgan fingerprint density at radius 1 is 1.50 bits per heavy atom. The van der Waals surface area contributed by atoms with Crippen LogP contribution in [0.3, 0.4) is 0 Å². The summed E-state index contributed by atoms with van der Waals surface area (Å²) in [4.78, 5) is 0. The zero-order chi connectivity index (χ0) is 9.14. The summed E-state index contributed by atoms with van der Waals surface area (Å²) in [6.07, 6.45) is 1.08. The van der Waals surface area contributed by atoms with E-state index in [0.29, 0.717) is 6.04 Å². The first-order chi connectivity index (χ1) is 5.69. The molecule has 0 spiro atoms. The van der Waals surface area contributed by atoms with Gasteiger partial charge in [-0.1, -0.05) is 6.92 Å². The number of thiocarbonyl (C=S) groups is 1. The Hall–Kier alpha value is -0.390. The van der Waals surface area contributed by atoms with Crippen molar-refractivity contribution in [1.82, 2.24) is 21.1 Å². The Kier molecular flexibility index (Phi) is 3.25. The summed E-state index contributed by atoms with van der Waals surface area (Å²) >= 11 is 5.09. The average molecular weight is 188 g/mol. The lowest BCUT2D eigenvalue weighted by atomic mass is 10.3. The molecule has 1 aliphatic rings. The quantitative estimate of drug-likeness (QED) is 0.634. The van der Waals surface area contributed by atoms with Crippen LogP contribution < -0.4 is 11.0 Å². The molecule has 0 saturated carbocycles. The molecule has 0 bridgehead atoms. The first kappa shape index (κ1) is 9.70. The fourth-order valence-electron chi connectivity index (χ4n) is 0.970. The predicted octanol–water partition coefficient (Wildman–Crippen LogP) is 0.632. The van der Waals surface area contributed by atoms with E-state index >= 15 is 0 Å². The minimum atomic E-state index is 0.444. The second-order valence-corrected chi connectivity index (χ2v) is 3.28. The van der Waals surface area contributed by atoms with Crippen LogP contribution in [-0.4, -0.2) is 27.8 Å². The average Bonchev–Trinajstić information content (AvgIpc) is 2.45. The van der Waals surface area contributed by atoms with Gasteiger partial charge in [0.15, 0.2) is 0 Å². The molecule has 12 heavy (non-hydrogen) atoms. The fourth-order valence-corrected chi connectivity index (χ4v) is 1.24. The maximum atomic E-state index is 5.09. The van der Waals surface area contributed by atoms with Crippen LogP contribution in [0.5, 0.6) is 0 Å². The molecule has 1 unspecified atom stereocenters. The van der Waals surface area contributed by atoms with Crippen molar-refractivity contribution in [3.63, 3.8) is 0 Å². The van der Waals surface area contributed by atoms with Crippen LogP contribution in [0.1, 0.15) is 27.2 Å². The number of nitrogens with one attached hydrogen (secondary N) is 2. The molecular weight excluding hydrogens is 172 g/mol. The zero-order valence-electron chi connectivity index (χ0n) is 7.79. The molecule has 1 fully saturated rings. The fraction of sp³-hybridized carbons (Fsp3) is 0.857. The maximum absolute atomic E-state index is 5.09. The van der Waals surface area contributed by atoms with E-state index in [1.807, 2.05) is 10.1 Å². The van der Waals surface area contributed by atoms with Crippen LogP contribution in [0.2, 0.25) is 0 Å². The molecule has 2 N–H and O–H groups in total. The van der Waals surface area contributed by atoms with Gasteiger partial charge in [-0.2, -0.15) is 0 Å². The zero-order valence-corrected chi connectivity index (χ0v) is 8.61. The van der Waals surface area contributed by atoms with Crippen molar-refractivity contribution in [2.75, 3.05) is 6.54 Å². The minimum Gasteiger partial charge on any atom is -0.279 e. The van der Waals surface area contributed by atoms with Gasteiger partial charge in [-0.15, -0.1) is 10.7 Å². The third kappa shape index (κ3) is 1.85. The van der Waals surface area contributed by atoms with Gasteiger partial charge in [0.1, 0.15) is 0 Å². The van der Waals surface area contributed by atoms with Crippen molar-refractivity contribution in [3.05, 3.63) is 0 Å². The molecule has 5 heteroatoms. The summed E-state index contributed by atoms with van der Waals surface area (Å²) in [6, 6.07) is 0.444. The molecule has 0 aromatic carbocycles. The van der Waals surface area contributed by atoms with E-state index in [1.54, 1.807) is 0 Å². The first-order valence-electron chi connectivity index (χ1n) is 4.32. The lowest BCUT2D eigenvalue weighted by Gasteiger charge is -2.21. The van der Waals surface area contributed by atoms with Crippen molar-refractivity contribution in [3.8, 4) is 0 Å². The number of hydrogen-bond donors (Lipinski definition) is 2. The first-order valence-corrected chi connectivity index (χ1v) is 4.73. The molecule has 1 atom stereocenters. The lowest BCUT2D eigenvalue weighted by molar-refractivity contribution is 0.0640. The molecule has 0 aliphatic carbocycles. The minimum absolute atomic E-state index is 0.444. The van der Waals surface area contributed by atoms with Crippen LogP contribution in [0, 0.1) is 0 Å². The summed E-state index contributed by atoms with van der Waals surface area (Å²) < 4.78 is 0. The van der Waals surface area contributed by atoms with Crippen LogP contribution in [0.15, 0.2) is 0 Å². The Labute approximate surface area is 78.8 Å². The number of hydrazine groups is 3. The van der Waals surface area contributed by atoms with Crippen molar-refractivity contribution in [2.24, 2.45) is 0 Å². The third-order valence-corrected chi connectivity index (χ3v) is 2.35. The van der Waals surface area contributed by atoms with Gasteiger partial charge >= 0.3 is 0 Å². The van der Waals surface area contributed by atoms with Crippen molar-refractivity contribution >= 4 is 17.3 Å². The normalized spacial score (nSPS) is 21.2. The Morgan fingerprint density at radius 2 is 2.17 bits per heavy atom. The van der Waals surface area contributed by atoms with E-state index in [9.17, 15) is 0 Å². The Balaban J connectivity index is 2.48. The van der Waals surface area contributed by atoms with E-state index in [-0.39, 0.29) is 0 Å². The molecule has 0 amide bonds. The second-order valence-electron chi connectivity index (χ2n) is 2.89. The third-order valence-electron chi connectivity index (χ3n) is 2.04. The molecule has 1 saturated heterocycles. The molecule has 1 rings (SSSR count). The summed E-state index contributed by atoms with van der Waals surface area (Å²) in [7, 11) is 0. The Bertz CT molecular complexity index is 173. The summed E-state index contributed by atoms with van der Waals surface area (Å²) in [5.41, 5.74) is 6.24. The van der Waals surface area contributed by atoms with Gasteiger partial charge in [0, 0.05) is 12.6 Å². The Morgan fingerprint density at radius 3 is 2.58 bits per heavy atom. The monoisotopic (exact) mass is 188 g/mol. The van der Waals surface area contributed by atoms with Gasteiger partial charge in [-0.05, 0) is 32.5 Å². The van der Waals surface area contributed by atoms with E-state index < -0.39 is 0 Å². The highest BCUT2D eigenvalue weighted by atomic mass is 32.1. The molecule has 1 aliphatic heterocycles. The van der Waals surface area contributed by atoms with Gasteiger partial charge < -0.3 is 0 Å². The number of hydrogen-bond acceptors (Lipinski definition) is 3. The van der Waals surface area contributed by atoms with Crippen LogP contribution in [-0.2, 0) is 0 Å². The summed E-state index contributed by atoms with van der Waals surface area (Å²) in [5.74, 6) is 0. The maximum Gasteiger partial charge on any atom is 0.200 e. The lowest BCUT2D eigenvalue weighted by Crippen LogP contribution is -2.47. The molecule has 0 radical (unpaired) electrons. The van der Waals surface area contributed by atoms with Crippen molar-refractivity contribution < 1.29 is 0 Å². The highest BCUT2D eigenvalue weighted by Gasteiger charge is 2.24. The SMILES string of the molecule is CCC(C)N1NC(=S)N(CC)N1. The predicted molar refractivity (Wildman–Crippen MR) is 52.8 cm³/mol. The summed E-state index contributed by atoms with van der Waals surface area (Å²) in [6.45, 7) is 7.22. The van der Waals surface area contributed by atoms with Crippen molar-refractivity contribution in [2.45, 2.75) is 33.2 Å². The van der Waals surface area contributed by atoms with Gasteiger partial charge in [-0.3, -0.25) is 10.4 Å². The molecule has 1 heterocycles. The standard InChI is InChI=1S/C7H16N4S/c1-4-6(3)11-8-7(12)10(5-2)9-11/h6,9H,4-5H2,1-3H3,(H,8,12). The topological polar surface area (TPSA) is 30.5 Å². The van der Waals surface area contributed by atoms with Gasteiger partial charge in [0.2, 0.25) is 5.11 Å². The number of nitrogens with zero attached hydrogens (tertiary/aromatic N) is 2. The van der Waals surface area contributed by atoms with E-state index in [2.05, 4.69) is 31.7 Å². The molecule has 4 nitrogen and oxygen atoms in total. The molecule has 0 aromatic rings. The van der Waals surface area contributed by atoms with E-state index in [0.717, 1.165) is 18.1 Å². The second kappa shape index (κ2) is 4.02. The van der Waals surface area contributed by atoms with Gasteiger partial charge in [0.25, 0.3) is 0 Å². The molecular formula is C7H16N4S. The van der Waals surface area contributed by atoms with Crippen molar-refractivity contribution in [1.29, 1.82) is 0 Å².